The summed E-state index contributed by atoms with van der Waals surface area (Å²) in [4.78, 5) is 15.2. The molecule has 4 heteroatoms. The van der Waals surface area contributed by atoms with E-state index in [4.69, 9.17) is 4.74 Å². The molecule has 27 heavy (non-hydrogen) atoms. The van der Waals surface area contributed by atoms with Gasteiger partial charge < -0.3 is 14.2 Å². The number of hydrogen-bond donors (Lipinski definition) is 0. The molecule has 0 spiro atoms. The molecule has 0 radical (unpaired) electrons. The number of nitrogens with zero attached hydrogens (tertiary/aromatic N) is 2. The normalized spacial score (nSPS) is 12.1. The number of ether oxygens (including phenoxy) is 1. The second-order valence-electron chi connectivity index (χ2n) is 6.66. The van der Waals surface area contributed by atoms with Gasteiger partial charge in [0, 0.05) is 42.9 Å². The van der Waals surface area contributed by atoms with Crippen molar-refractivity contribution >= 4 is 22.6 Å². The van der Waals surface area contributed by atoms with Gasteiger partial charge in [-0.3, -0.25) is 4.79 Å². The topological polar surface area (TPSA) is 34.5 Å². The van der Waals surface area contributed by atoms with Crippen molar-refractivity contribution in [3.05, 3.63) is 65.9 Å². The second kappa shape index (κ2) is 8.30. The number of esters is 1. The molecule has 4 nitrogen and oxygen atoms in total. The molecule has 0 saturated carbocycles. The predicted molar refractivity (Wildman–Crippen MR) is 111 cm³/mol. The van der Waals surface area contributed by atoms with E-state index in [2.05, 4.69) is 59.7 Å². The van der Waals surface area contributed by atoms with Crippen molar-refractivity contribution in [2.75, 3.05) is 24.6 Å². The molecule has 0 fully saturated rings. The first kappa shape index (κ1) is 19.0. The standard InChI is InChI=1S/C23H28N2O2/c1-5-25(6-2)18-14-12-17(13-15-18)22(23(26)27-7-3)20-16-24(4)21-11-9-8-10-19(20)21/h8-16,22H,5-7H2,1-4H3. The van der Waals surface area contributed by atoms with Crippen LogP contribution in [-0.2, 0) is 16.6 Å². The Morgan fingerprint density at radius 2 is 1.70 bits per heavy atom. The SMILES string of the molecule is CCOC(=O)C(c1ccc(N(CC)CC)cc1)c1cn(C)c2ccccc12. The lowest BCUT2D eigenvalue weighted by molar-refractivity contribution is -0.143. The summed E-state index contributed by atoms with van der Waals surface area (Å²) in [6, 6.07) is 16.5. The third-order valence-corrected chi connectivity index (χ3v) is 5.12. The fourth-order valence-corrected chi connectivity index (χ4v) is 3.74. The zero-order chi connectivity index (χ0) is 19.4. The number of carbonyl (C=O) groups is 1. The largest absolute Gasteiger partial charge is 0.465 e. The minimum Gasteiger partial charge on any atom is -0.465 e. The number of rotatable bonds is 7. The van der Waals surface area contributed by atoms with E-state index >= 15 is 0 Å². The molecule has 1 atom stereocenters. The lowest BCUT2D eigenvalue weighted by Gasteiger charge is -2.22. The highest BCUT2D eigenvalue weighted by Gasteiger charge is 2.27. The van der Waals surface area contributed by atoms with Crippen LogP contribution in [0, 0.1) is 0 Å². The van der Waals surface area contributed by atoms with Crippen LogP contribution in [0.25, 0.3) is 10.9 Å². The Kier molecular flexibility index (Phi) is 5.84. The van der Waals surface area contributed by atoms with Crippen LogP contribution in [0.15, 0.2) is 54.7 Å². The van der Waals surface area contributed by atoms with Gasteiger partial charge in [0.1, 0.15) is 5.92 Å². The van der Waals surface area contributed by atoms with Crippen molar-refractivity contribution in [2.24, 2.45) is 7.05 Å². The Balaban J connectivity index is 2.08. The first-order chi connectivity index (χ1) is 13.1. The van der Waals surface area contributed by atoms with E-state index in [-0.39, 0.29) is 5.97 Å². The molecule has 0 amide bonds. The summed E-state index contributed by atoms with van der Waals surface area (Å²) in [5.74, 6) is -0.633. The van der Waals surface area contributed by atoms with Crippen molar-refractivity contribution in [1.29, 1.82) is 0 Å². The molecule has 1 unspecified atom stereocenters. The Morgan fingerprint density at radius 1 is 1.04 bits per heavy atom. The van der Waals surface area contributed by atoms with Gasteiger partial charge in [-0.05, 0) is 50.1 Å². The molecular weight excluding hydrogens is 336 g/mol. The van der Waals surface area contributed by atoms with E-state index in [0.29, 0.717) is 6.61 Å². The molecule has 142 valence electrons. The Labute approximate surface area is 161 Å². The number of anilines is 1. The molecule has 0 aliphatic rings. The van der Waals surface area contributed by atoms with Crippen LogP contribution < -0.4 is 4.90 Å². The van der Waals surface area contributed by atoms with E-state index in [9.17, 15) is 4.79 Å². The highest BCUT2D eigenvalue weighted by atomic mass is 16.5. The molecule has 3 rings (SSSR count). The molecule has 2 aromatic carbocycles. The third-order valence-electron chi connectivity index (χ3n) is 5.12. The maximum absolute atomic E-state index is 12.9. The molecule has 1 aromatic heterocycles. The number of aryl methyl sites for hydroxylation is 1. The summed E-state index contributed by atoms with van der Waals surface area (Å²) in [5.41, 5.74) is 4.23. The summed E-state index contributed by atoms with van der Waals surface area (Å²) in [6.45, 7) is 8.43. The van der Waals surface area contributed by atoms with E-state index < -0.39 is 5.92 Å². The maximum atomic E-state index is 12.9. The number of hydrogen-bond acceptors (Lipinski definition) is 3. The van der Waals surface area contributed by atoms with Crippen molar-refractivity contribution < 1.29 is 9.53 Å². The number of fused-ring (bicyclic) bond motifs is 1. The summed E-state index contributed by atoms with van der Waals surface area (Å²) in [6.07, 6.45) is 2.05. The Morgan fingerprint density at radius 3 is 2.33 bits per heavy atom. The van der Waals surface area contributed by atoms with Crippen LogP contribution in [0.4, 0.5) is 5.69 Å². The average molecular weight is 364 g/mol. The summed E-state index contributed by atoms with van der Waals surface area (Å²) < 4.78 is 7.50. The highest BCUT2D eigenvalue weighted by molar-refractivity contribution is 5.92. The number of carbonyl (C=O) groups excluding carboxylic acids is 1. The lowest BCUT2D eigenvalue weighted by Crippen LogP contribution is -2.22. The molecule has 0 aliphatic heterocycles. The van der Waals surface area contributed by atoms with Crippen molar-refractivity contribution in [1.82, 2.24) is 4.57 Å². The van der Waals surface area contributed by atoms with E-state index in [1.807, 2.05) is 32.3 Å². The Bertz CT molecular complexity index is 908. The molecule has 0 aliphatic carbocycles. The van der Waals surface area contributed by atoms with Crippen LogP contribution in [0.2, 0.25) is 0 Å². The van der Waals surface area contributed by atoms with Crippen LogP contribution >= 0.6 is 0 Å². The van der Waals surface area contributed by atoms with Crippen LogP contribution in [0.1, 0.15) is 37.8 Å². The number of para-hydroxylation sites is 1. The summed E-state index contributed by atoms with van der Waals surface area (Å²) >= 11 is 0. The minimum absolute atomic E-state index is 0.204. The molecule has 0 N–H and O–H groups in total. The van der Waals surface area contributed by atoms with Crippen LogP contribution in [0.3, 0.4) is 0 Å². The van der Waals surface area contributed by atoms with Crippen molar-refractivity contribution in [2.45, 2.75) is 26.7 Å². The first-order valence-electron chi connectivity index (χ1n) is 9.66. The zero-order valence-electron chi connectivity index (χ0n) is 16.6. The molecule has 0 saturated heterocycles. The lowest BCUT2D eigenvalue weighted by atomic mass is 9.91. The highest BCUT2D eigenvalue weighted by Crippen LogP contribution is 2.34. The second-order valence-corrected chi connectivity index (χ2v) is 6.66. The van der Waals surface area contributed by atoms with Crippen LogP contribution in [-0.4, -0.2) is 30.2 Å². The molecule has 3 aromatic rings. The van der Waals surface area contributed by atoms with Crippen LogP contribution in [0.5, 0.6) is 0 Å². The summed E-state index contributed by atoms with van der Waals surface area (Å²) in [5, 5.41) is 1.09. The van der Waals surface area contributed by atoms with Gasteiger partial charge in [-0.1, -0.05) is 30.3 Å². The van der Waals surface area contributed by atoms with Gasteiger partial charge in [0.2, 0.25) is 0 Å². The summed E-state index contributed by atoms with van der Waals surface area (Å²) in [7, 11) is 2.01. The number of aromatic nitrogens is 1. The van der Waals surface area contributed by atoms with Gasteiger partial charge in [-0.25, -0.2) is 0 Å². The van der Waals surface area contributed by atoms with Gasteiger partial charge in [0.05, 0.1) is 6.61 Å². The average Bonchev–Trinajstić information content (AvgIpc) is 3.01. The van der Waals surface area contributed by atoms with E-state index in [1.54, 1.807) is 0 Å². The first-order valence-corrected chi connectivity index (χ1v) is 9.66. The van der Waals surface area contributed by atoms with Crippen molar-refractivity contribution in [3.63, 3.8) is 0 Å². The zero-order valence-corrected chi connectivity index (χ0v) is 16.6. The monoisotopic (exact) mass is 364 g/mol. The fourth-order valence-electron chi connectivity index (χ4n) is 3.74. The van der Waals surface area contributed by atoms with Gasteiger partial charge in [-0.15, -0.1) is 0 Å². The van der Waals surface area contributed by atoms with Crippen molar-refractivity contribution in [3.8, 4) is 0 Å². The van der Waals surface area contributed by atoms with Gasteiger partial charge >= 0.3 is 5.97 Å². The van der Waals surface area contributed by atoms with Gasteiger partial charge in [-0.2, -0.15) is 0 Å². The van der Waals surface area contributed by atoms with Gasteiger partial charge in [0.25, 0.3) is 0 Å². The molecule has 1 heterocycles. The molecule has 0 bridgehead atoms. The van der Waals surface area contributed by atoms with Gasteiger partial charge in [0.15, 0.2) is 0 Å². The quantitative estimate of drug-likeness (QED) is 0.569. The smallest absolute Gasteiger partial charge is 0.317 e. The minimum atomic E-state index is -0.429. The maximum Gasteiger partial charge on any atom is 0.317 e. The van der Waals surface area contributed by atoms with E-state index in [1.165, 1.54) is 5.69 Å². The fraction of sp³-hybridized carbons (Fsp3) is 0.348. The Hall–Kier alpha value is -2.75. The third kappa shape index (κ3) is 3.70. The predicted octanol–water partition coefficient (Wildman–Crippen LogP) is 4.72. The molecular formula is C23H28N2O2. The number of benzene rings is 2. The van der Waals surface area contributed by atoms with E-state index in [0.717, 1.165) is 35.1 Å².